The highest BCUT2D eigenvalue weighted by Crippen LogP contribution is 2.46. The van der Waals surface area contributed by atoms with Gasteiger partial charge in [-0.2, -0.15) is 9.36 Å². The number of fused-ring (bicyclic) bond motifs is 4. The fourth-order valence-corrected chi connectivity index (χ4v) is 7.47. The molecule has 6 rings (SSSR count). The summed E-state index contributed by atoms with van der Waals surface area (Å²) < 4.78 is 4.65. The van der Waals surface area contributed by atoms with Gasteiger partial charge in [-0.3, -0.25) is 19.3 Å². The van der Waals surface area contributed by atoms with Gasteiger partial charge in [0.05, 0.1) is 25.0 Å². The first-order valence-corrected chi connectivity index (χ1v) is 13.5. The fraction of sp³-hybridized carbons (Fsp3) is 0.571. The van der Waals surface area contributed by atoms with E-state index in [0.717, 1.165) is 31.2 Å². The van der Waals surface area contributed by atoms with Crippen LogP contribution in [0.5, 0.6) is 0 Å². The quantitative estimate of drug-likeness (QED) is 0.130. The number of nitrogens with zero attached hydrogens (tertiary/aromatic N) is 5. The maximum atomic E-state index is 13.1. The second-order valence-corrected chi connectivity index (χ2v) is 11.7. The molecule has 0 unspecified atom stereocenters. The molecule has 0 aromatic carbocycles. The molecular weight excluding hydrogens is 524 g/mol. The average molecular weight is 552 g/mol. The minimum Gasteiger partial charge on any atom is -0.477 e. The molecule has 2 bridgehead atoms. The summed E-state index contributed by atoms with van der Waals surface area (Å²) in [4.78, 5) is 60.2. The lowest BCUT2D eigenvalue weighted by molar-refractivity contribution is -0.940. The van der Waals surface area contributed by atoms with Gasteiger partial charge in [0, 0.05) is 42.1 Å². The van der Waals surface area contributed by atoms with Crippen molar-refractivity contribution in [2.75, 3.05) is 44.8 Å². The van der Waals surface area contributed by atoms with Crippen LogP contribution in [0.1, 0.15) is 25.1 Å². The number of β-lactam (4-membered cyclic amide) rings is 1. The standard InChI is InChI=1S/C21H26N8O6S2/c1-35-26-11(14-25-20(23)37-27-14)15(30)24-12-16(31)28-13(18(32)33)10(9-36-17(12)28)8-29-5-2-21(3-6-29,4-7-29)19(22)34/h12,17H,2-9H2,1H3,(H5-,22,23,24,25,27,30,32,33,34)/p+1/t12-,17-,21?,29?/m1/s1. The summed E-state index contributed by atoms with van der Waals surface area (Å²) >= 11 is 2.28. The number of rotatable bonds is 8. The monoisotopic (exact) mass is 551 g/mol. The number of carbonyl (C=O) groups is 4. The number of aromatic nitrogens is 2. The number of oxime groups is 1. The van der Waals surface area contributed by atoms with Crippen LogP contribution in [0.4, 0.5) is 5.13 Å². The van der Waals surface area contributed by atoms with Gasteiger partial charge in [-0.25, -0.2) is 4.79 Å². The van der Waals surface area contributed by atoms with Crippen LogP contribution < -0.4 is 16.8 Å². The smallest absolute Gasteiger partial charge is 0.352 e. The molecule has 0 radical (unpaired) electrons. The van der Waals surface area contributed by atoms with Gasteiger partial charge in [-0.15, -0.1) is 11.8 Å². The number of aliphatic carboxylic acids is 1. The zero-order valence-corrected chi connectivity index (χ0v) is 21.6. The van der Waals surface area contributed by atoms with Crippen LogP contribution in [0.3, 0.4) is 0 Å². The van der Waals surface area contributed by atoms with Crippen molar-refractivity contribution in [3.8, 4) is 0 Å². The lowest BCUT2D eigenvalue weighted by Crippen LogP contribution is -2.71. The molecule has 37 heavy (non-hydrogen) atoms. The molecule has 1 aromatic rings. The van der Waals surface area contributed by atoms with Crippen molar-refractivity contribution in [2.45, 2.75) is 30.7 Å². The summed E-state index contributed by atoms with van der Waals surface area (Å²) in [7, 11) is 1.26. The molecule has 0 spiro atoms. The first-order valence-electron chi connectivity index (χ1n) is 11.7. The molecule has 5 aliphatic rings. The number of nitrogens with two attached hydrogens (primary N) is 2. The van der Waals surface area contributed by atoms with Crippen LogP contribution in [0.2, 0.25) is 0 Å². The van der Waals surface area contributed by atoms with Gasteiger partial charge in [0.2, 0.25) is 17.4 Å². The van der Waals surface area contributed by atoms with Crippen molar-refractivity contribution in [2.24, 2.45) is 16.3 Å². The number of primary amides is 1. The van der Waals surface area contributed by atoms with Crippen LogP contribution in [0.15, 0.2) is 16.4 Å². The Morgan fingerprint density at radius 3 is 2.51 bits per heavy atom. The summed E-state index contributed by atoms with van der Waals surface area (Å²) in [5.74, 6) is -2.31. The van der Waals surface area contributed by atoms with Gasteiger partial charge in [0.15, 0.2) is 5.13 Å². The number of quaternary nitrogens is 1. The number of nitrogens with one attached hydrogen (secondary N) is 1. The van der Waals surface area contributed by atoms with E-state index in [1.54, 1.807) is 0 Å². The number of amides is 3. The second-order valence-electron chi connectivity index (χ2n) is 9.76. The molecule has 1 aromatic heterocycles. The van der Waals surface area contributed by atoms with Crippen LogP contribution in [0, 0.1) is 5.41 Å². The molecular formula is C21H27N8O6S2+. The minimum atomic E-state index is -1.18. The number of thioether (sulfide) groups is 1. The lowest BCUT2D eigenvalue weighted by Gasteiger charge is -2.55. The van der Waals surface area contributed by atoms with Crippen LogP contribution >= 0.6 is 23.3 Å². The normalized spacial score (nSPS) is 31.0. The zero-order chi connectivity index (χ0) is 26.5. The number of hydrogen-bond donors (Lipinski definition) is 4. The van der Waals surface area contributed by atoms with Gasteiger partial charge in [0.1, 0.15) is 30.8 Å². The van der Waals surface area contributed by atoms with Gasteiger partial charge >= 0.3 is 5.97 Å². The molecule has 3 amide bonds. The highest BCUT2D eigenvalue weighted by Gasteiger charge is 2.57. The predicted octanol–water partition coefficient (Wildman–Crippen LogP) is -1.30. The van der Waals surface area contributed by atoms with Crippen molar-refractivity contribution in [1.82, 2.24) is 19.6 Å². The van der Waals surface area contributed by atoms with E-state index in [2.05, 4.69) is 19.8 Å². The van der Waals surface area contributed by atoms with Gasteiger partial charge < -0.3 is 31.2 Å². The Morgan fingerprint density at radius 1 is 1.30 bits per heavy atom. The third-order valence-corrected chi connectivity index (χ3v) is 9.71. The topological polar surface area (TPSA) is 203 Å². The van der Waals surface area contributed by atoms with E-state index >= 15 is 0 Å². The van der Waals surface area contributed by atoms with E-state index < -0.39 is 34.6 Å². The van der Waals surface area contributed by atoms with Crippen molar-refractivity contribution < 1.29 is 33.6 Å². The number of hydrogen-bond acceptors (Lipinski definition) is 11. The van der Waals surface area contributed by atoms with Crippen molar-refractivity contribution in [1.29, 1.82) is 0 Å². The third-order valence-electron chi connectivity index (χ3n) is 7.83. The highest BCUT2D eigenvalue weighted by atomic mass is 32.2. The Kier molecular flexibility index (Phi) is 6.35. The highest BCUT2D eigenvalue weighted by molar-refractivity contribution is 8.00. The van der Waals surface area contributed by atoms with Crippen molar-refractivity contribution in [3.63, 3.8) is 0 Å². The minimum absolute atomic E-state index is 0.0243. The Bertz CT molecular complexity index is 1220. The molecule has 4 saturated heterocycles. The van der Waals surface area contributed by atoms with Gasteiger partial charge in [0.25, 0.3) is 11.8 Å². The van der Waals surface area contributed by atoms with Crippen LogP contribution in [-0.4, -0.2) is 104 Å². The largest absolute Gasteiger partial charge is 0.477 e. The van der Waals surface area contributed by atoms with Gasteiger partial charge in [-0.05, 0) is 0 Å². The van der Waals surface area contributed by atoms with E-state index in [-0.39, 0.29) is 28.3 Å². The maximum absolute atomic E-state index is 13.1. The maximum Gasteiger partial charge on any atom is 0.352 e. The SMILES string of the molecule is CON=C(C(=O)N[C@@H]1C(=O)N2C(C(=O)O)=C(C[N+]34CCC(C(N)=O)(CC3)CC4)CS[C@H]12)c1nsc(N)n1. The zero-order valence-electron chi connectivity index (χ0n) is 20.0. The Balaban J connectivity index is 1.32. The van der Waals surface area contributed by atoms with E-state index in [9.17, 15) is 24.3 Å². The molecule has 14 nitrogen and oxygen atoms in total. The molecule has 5 aliphatic heterocycles. The lowest BCUT2D eigenvalue weighted by atomic mass is 9.70. The number of nitrogen functional groups attached to an aromatic ring is 1. The molecule has 0 saturated carbocycles. The molecule has 2 atom stereocenters. The molecule has 0 aliphatic carbocycles. The third kappa shape index (κ3) is 4.21. The summed E-state index contributed by atoms with van der Waals surface area (Å²) in [6.45, 7) is 2.74. The number of carboxylic acids is 1. The van der Waals surface area contributed by atoms with E-state index in [0.29, 0.717) is 41.6 Å². The summed E-state index contributed by atoms with van der Waals surface area (Å²) in [5, 5.41) is 15.9. The number of piperidine rings is 3. The Labute approximate surface area is 219 Å². The van der Waals surface area contributed by atoms with E-state index in [1.165, 1.54) is 23.8 Å². The number of carboxylic acid groups (broad SMARTS) is 1. The number of carbonyl (C=O) groups excluding carboxylic acids is 3. The van der Waals surface area contributed by atoms with E-state index in [4.69, 9.17) is 16.3 Å². The van der Waals surface area contributed by atoms with Crippen molar-refractivity contribution in [3.05, 3.63) is 17.1 Å². The average Bonchev–Trinajstić information content (AvgIpc) is 3.31. The molecule has 4 fully saturated rings. The van der Waals surface area contributed by atoms with Gasteiger partial charge in [-0.1, -0.05) is 5.16 Å². The molecule has 198 valence electrons. The summed E-state index contributed by atoms with van der Waals surface area (Å²) in [6.07, 6.45) is 2.07. The first kappa shape index (κ1) is 25.4. The second kappa shape index (κ2) is 9.25. The Morgan fingerprint density at radius 2 is 1.97 bits per heavy atom. The fourth-order valence-electron chi connectivity index (χ4n) is 5.70. The predicted molar refractivity (Wildman–Crippen MR) is 133 cm³/mol. The Hall–Kier alpha value is -3.24. The summed E-state index contributed by atoms with van der Waals surface area (Å²) in [6, 6.07) is -0.945. The van der Waals surface area contributed by atoms with E-state index in [1.807, 2.05) is 0 Å². The first-order chi connectivity index (χ1) is 17.6. The molecule has 6 N–H and O–H groups in total. The number of anilines is 1. The van der Waals surface area contributed by atoms with Crippen LogP contribution in [0.25, 0.3) is 0 Å². The molecule has 16 heteroatoms. The summed E-state index contributed by atoms with van der Waals surface area (Å²) in [5.41, 5.74) is 11.2. The van der Waals surface area contributed by atoms with Crippen LogP contribution in [-0.2, 0) is 24.0 Å². The molecule has 6 heterocycles. The van der Waals surface area contributed by atoms with Crippen molar-refractivity contribution >= 4 is 57.8 Å².